The third-order valence-electron chi connectivity index (χ3n) is 1.30. The van der Waals surface area contributed by atoms with Crippen LogP contribution in [0.1, 0.15) is 13.8 Å². The molecule has 0 aromatic carbocycles. The highest BCUT2D eigenvalue weighted by Gasteiger charge is 2.21. The number of hydrogen-bond acceptors (Lipinski definition) is 3. The molecule has 0 fully saturated rings. The smallest absolute Gasteiger partial charge is 0.331 e. The summed E-state index contributed by atoms with van der Waals surface area (Å²) in [5, 5.41) is 8.39. The lowest BCUT2D eigenvalue weighted by atomic mass is 10.4. The second kappa shape index (κ2) is 3.85. The van der Waals surface area contributed by atoms with Gasteiger partial charge in [-0.15, -0.1) is 0 Å². The summed E-state index contributed by atoms with van der Waals surface area (Å²) < 4.78 is 11.1. The third-order valence-corrected chi connectivity index (χ3v) is 3.22. The van der Waals surface area contributed by atoms with Gasteiger partial charge in [-0.2, -0.15) is 0 Å². The van der Waals surface area contributed by atoms with Gasteiger partial charge in [0.25, 0.3) is 0 Å². The van der Waals surface area contributed by atoms with Crippen molar-refractivity contribution in [3.63, 3.8) is 0 Å². The second-order valence-corrected chi connectivity index (χ2v) is 4.95. The zero-order valence-corrected chi connectivity index (χ0v) is 7.78. The van der Waals surface area contributed by atoms with E-state index in [0.29, 0.717) is 0 Å². The van der Waals surface area contributed by atoms with Crippen molar-refractivity contribution in [3.8, 4) is 0 Å². The van der Waals surface area contributed by atoms with E-state index in [1.54, 1.807) is 0 Å². The normalized spacial score (nSPS) is 19.8. The van der Waals surface area contributed by atoms with Crippen molar-refractivity contribution in [2.45, 2.75) is 19.6 Å². The van der Waals surface area contributed by atoms with Gasteiger partial charge in [-0.25, -0.2) is 4.79 Å². The van der Waals surface area contributed by atoms with Gasteiger partial charge in [-0.05, 0) is 13.8 Å². The lowest BCUT2D eigenvalue weighted by Crippen LogP contribution is -2.14. The molecule has 0 spiro atoms. The van der Waals surface area contributed by atoms with Gasteiger partial charge in [0.2, 0.25) is 7.37 Å². The fraction of sp³-hybridized carbons (Fsp3) is 0.500. The Morgan fingerprint density at radius 2 is 2.08 bits per heavy atom. The Morgan fingerprint density at radius 1 is 1.67 bits per heavy atom. The molecule has 4 N–H and O–H groups in total. The summed E-state index contributed by atoms with van der Waals surface area (Å²) in [7, 11) is -3.64. The molecule has 0 aromatic heterocycles. The molecule has 12 heavy (non-hydrogen) atoms. The lowest BCUT2D eigenvalue weighted by molar-refractivity contribution is -0.132. The minimum atomic E-state index is -3.64. The van der Waals surface area contributed by atoms with Crippen LogP contribution in [0.2, 0.25) is 0 Å². The molecule has 0 aliphatic carbocycles. The second-order valence-electron chi connectivity index (χ2n) is 2.53. The monoisotopic (exact) mass is 193 g/mol. The summed E-state index contributed by atoms with van der Waals surface area (Å²) in [6.45, 7) is 2.60. The maximum atomic E-state index is 11.1. The Kier molecular flexibility index (Phi) is 3.64. The molecule has 2 atom stereocenters. The maximum Gasteiger partial charge on any atom is 0.331 e. The summed E-state index contributed by atoms with van der Waals surface area (Å²) in [5.74, 6) is -1.35. The largest absolute Gasteiger partial charge is 0.478 e. The van der Waals surface area contributed by atoms with Crippen LogP contribution in [0.15, 0.2) is 11.4 Å². The summed E-state index contributed by atoms with van der Waals surface area (Å²) in [4.78, 5) is 19.4. The van der Waals surface area contributed by atoms with Gasteiger partial charge in [-0.3, -0.25) is 4.57 Å². The van der Waals surface area contributed by atoms with Crippen LogP contribution in [0.5, 0.6) is 0 Å². The standard InChI is InChI=1S/C6H12NO4P/c1-4(6(8)9)3-12(10,11)5(2)7/h3,5H,7H2,1-2H3,(H,8,9)(H,10,11)/b4-3+. The SMILES string of the molecule is C/C(=C\P(=O)(O)C(C)N)C(=O)O. The van der Waals surface area contributed by atoms with Crippen LogP contribution in [-0.2, 0) is 9.36 Å². The fourth-order valence-electron chi connectivity index (χ4n) is 0.450. The molecule has 70 valence electrons. The molecular formula is C6H12NO4P. The van der Waals surface area contributed by atoms with Crippen LogP contribution >= 0.6 is 7.37 Å². The quantitative estimate of drug-likeness (QED) is 0.448. The summed E-state index contributed by atoms with van der Waals surface area (Å²) >= 11 is 0. The van der Waals surface area contributed by atoms with Crippen molar-refractivity contribution in [2.24, 2.45) is 5.73 Å². The lowest BCUT2D eigenvalue weighted by Gasteiger charge is -2.10. The highest BCUT2D eigenvalue weighted by Crippen LogP contribution is 2.46. The van der Waals surface area contributed by atoms with E-state index < -0.39 is 19.1 Å². The van der Waals surface area contributed by atoms with Gasteiger partial charge in [0.1, 0.15) is 0 Å². The molecule has 6 heteroatoms. The van der Waals surface area contributed by atoms with Gasteiger partial charge in [-0.1, -0.05) is 0 Å². The van der Waals surface area contributed by atoms with Crippen molar-refractivity contribution in [2.75, 3.05) is 0 Å². The van der Waals surface area contributed by atoms with Crippen LogP contribution < -0.4 is 5.73 Å². The molecule has 5 nitrogen and oxygen atoms in total. The van der Waals surface area contributed by atoms with E-state index in [2.05, 4.69) is 0 Å². The van der Waals surface area contributed by atoms with Crippen LogP contribution in [-0.4, -0.2) is 21.8 Å². The molecule has 0 aliphatic heterocycles. The highest BCUT2D eigenvalue weighted by molar-refractivity contribution is 7.62. The van der Waals surface area contributed by atoms with E-state index in [-0.39, 0.29) is 5.57 Å². The number of rotatable bonds is 3. The average Bonchev–Trinajstić information content (AvgIpc) is 1.85. The molecule has 2 unspecified atom stereocenters. The van der Waals surface area contributed by atoms with Crippen LogP contribution in [0, 0.1) is 0 Å². The first-order valence-corrected chi connectivity index (χ1v) is 5.07. The van der Waals surface area contributed by atoms with Gasteiger partial charge < -0.3 is 15.7 Å². The van der Waals surface area contributed by atoms with Gasteiger partial charge >= 0.3 is 5.97 Å². The van der Waals surface area contributed by atoms with Crippen molar-refractivity contribution in [1.29, 1.82) is 0 Å². The number of nitrogens with two attached hydrogens (primary N) is 1. The number of carbonyl (C=O) groups is 1. The van der Waals surface area contributed by atoms with Gasteiger partial charge in [0.15, 0.2) is 0 Å². The van der Waals surface area contributed by atoms with Crippen LogP contribution in [0.4, 0.5) is 0 Å². The van der Waals surface area contributed by atoms with Crippen molar-refractivity contribution >= 4 is 13.3 Å². The number of hydrogen-bond donors (Lipinski definition) is 3. The van der Waals surface area contributed by atoms with Crippen molar-refractivity contribution in [3.05, 3.63) is 11.4 Å². The predicted octanol–water partition coefficient (Wildman–Crippen LogP) is 0.550. The Labute approximate surface area is 70.3 Å². The molecule has 0 aliphatic rings. The topological polar surface area (TPSA) is 101 Å². The first-order chi connectivity index (χ1) is 5.27. The fourth-order valence-corrected chi connectivity index (χ4v) is 1.35. The highest BCUT2D eigenvalue weighted by atomic mass is 31.2. The Balaban J connectivity index is 4.75. The zero-order chi connectivity index (χ0) is 9.94. The number of carboxylic acids is 1. The molecule has 0 bridgehead atoms. The maximum absolute atomic E-state index is 11.1. The third kappa shape index (κ3) is 3.17. The molecule has 0 saturated carbocycles. The summed E-state index contributed by atoms with van der Waals surface area (Å²) in [5.41, 5.74) is 5.00. The van der Waals surface area contributed by atoms with Gasteiger partial charge in [0, 0.05) is 11.4 Å². The Bertz CT molecular complexity index is 258. The predicted molar refractivity (Wildman–Crippen MR) is 44.9 cm³/mol. The molecule has 0 radical (unpaired) electrons. The van der Waals surface area contributed by atoms with Gasteiger partial charge in [0.05, 0.1) is 5.78 Å². The first-order valence-electron chi connectivity index (χ1n) is 3.28. The first kappa shape index (κ1) is 11.4. The van der Waals surface area contributed by atoms with E-state index in [9.17, 15) is 9.36 Å². The van der Waals surface area contributed by atoms with E-state index in [1.165, 1.54) is 13.8 Å². The Hall–Kier alpha value is -0.640. The minimum Gasteiger partial charge on any atom is -0.478 e. The zero-order valence-electron chi connectivity index (χ0n) is 6.89. The average molecular weight is 193 g/mol. The summed E-state index contributed by atoms with van der Waals surface area (Å²) in [6.07, 6.45) is 0. The molecule has 0 heterocycles. The Morgan fingerprint density at radius 3 is 2.33 bits per heavy atom. The number of carboxylic acid groups (broad SMARTS) is 1. The van der Waals surface area contributed by atoms with Crippen LogP contribution in [0.3, 0.4) is 0 Å². The number of aliphatic carboxylic acids is 1. The van der Waals surface area contributed by atoms with E-state index in [4.69, 9.17) is 15.7 Å². The molecule has 0 amide bonds. The van der Waals surface area contributed by atoms with E-state index in [1.807, 2.05) is 0 Å². The molecular weight excluding hydrogens is 181 g/mol. The molecule has 0 saturated heterocycles. The minimum absolute atomic E-state index is 0.168. The summed E-state index contributed by atoms with van der Waals surface area (Å²) in [6, 6.07) is 0. The van der Waals surface area contributed by atoms with E-state index in [0.717, 1.165) is 5.82 Å². The van der Waals surface area contributed by atoms with E-state index >= 15 is 0 Å². The van der Waals surface area contributed by atoms with Crippen molar-refractivity contribution < 1.29 is 19.4 Å². The van der Waals surface area contributed by atoms with Crippen LogP contribution in [0.25, 0.3) is 0 Å². The molecule has 0 rings (SSSR count). The molecule has 0 aromatic rings. The van der Waals surface area contributed by atoms with Crippen molar-refractivity contribution in [1.82, 2.24) is 0 Å².